The molecule has 3 nitrogen and oxygen atoms in total. The maximum Gasteiger partial charge on any atom is 0.131 e. The first-order valence-electron chi connectivity index (χ1n) is 6.08. The number of piperidine rings is 1. The van der Waals surface area contributed by atoms with E-state index in [2.05, 4.69) is 10.00 Å². The Labute approximate surface area is 113 Å². The molecule has 0 aliphatic carbocycles. The van der Waals surface area contributed by atoms with Crippen LogP contribution in [-0.4, -0.2) is 33.6 Å². The number of hydrogen-bond acceptors (Lipinski definition) is 2. The Bertz CT molecular complexity index is 381. The van der Waals surface area contributed by atoms with Gasteiger partial charge in [-0.15, -0.1) is 11.6 Å². The van der Waals surface area contributed by atoms with E-state index >= 15 is 0 Å². The summed E-state index contributed by atoms with van der Waals surface area (Å²) in [6.07, 6.45) is 2.39. The quantitative estimate of drug-likeness (QED) is 0.791. The van der Waals surface area contributed by atoms with Crippen LogP contribution in [-0.2, 0) is 13.6 Å². The minimum absolute atomic E-state index is 0.693. The van der Waals surface area contributed by atoms with E-state index in [-0.39, 0.29) is 0 Å². The minimum atomic E-state index is 0.693. The fourth-order valence-corrected chi connectivity index (χ4v) is 2.92. The molecule has 2 heterocycles. The van der Waals surface area contributed by atoms with Crippen LogP contribution in [0.3, 0.4) is 0 Å². The van der Waals surface area contributed by atoms with Crippen LogP contribution in [0.15, 0.2) is 0 Å². The van der Waals surface area contributed by atoms with E-state index in [9.17, 15) is 0 Å². The Hall–Kier alpha value is -0.250. The number of hydrogen-bond donors (Lipinski definition) is 0. The Morgan fingerprint density at radius 2 is 2.00 bits per heavy atom. The summed E-state index contributed by atoms with van der Waals surface area (Å²) in [6, 6.07) is 0. The molecule has 0 saturated carbocycles. The highest BCUT2D eigenvalue weighted by atomic mass is 35.5. The van der Waals surface area contributed by atoms with Crippen LogP contribution in [0.5, 0.6) is 0 Å². The topological polar surface area (TPSA) is 21.1 Å². The smallest absolute Gasteiger partial charge is 0.131 e. The largest absolute Gasteiger partial charge is 0.299 e. The van der Waals surface area contributed by atoms with Gasteiger partial charge in [0.15, 0.2) is 0 Å². The summed E-state index contributed by atoms with van der Waals surface area (Å²) in [5.74, 6) is 1.49. The highest BCUT2D eigenvalue weighted by Crippen LogP contribution is 2.24. The molecular weight excluding hydrogens is 257 g/mol. The Balaban J connectivity index is 1.98. The molecule has 1 aliphatic rings. The third-order valence-corrected chi connectivity index (χ3v) is 4.49. The van der Waals surface area contributed by atoms with Crippen LogP contribution < -0.4 is 0 Å². The second-order valence-corrected chi connectivity index (χ2v) is 5.52. The van der Waals surface area contributed by atoms with Gasteiger partial charge in [0.05, 0.1) is 5.69 Å². The fraction of sp³-hybridized carbons (Fsp3) is 0.750. The van der Waals surface area contributed by atoms with Crippen molar-refractivity contribution >= 4 is 23.2 Å². The summed E-state index contributed by atoms with van der Waals surface area (Å²) in [5.41, 5.74) is 2.20. The van der Waals surface area contributed by atoms with Gasteiger partial charge in [-0.1, -0.05) is 11.6 Å². The van der Waals surface area contributed by atoms with Gasteiger partial charge in [0.2, 0.25) is 0 Å². The van der Waals surface area contributed by atoms with Crippen LogP contribution >= 0.6 is 23.2 Å². The molecule has 1 aliphatic heterocycles. The van der Waals surface area contributed by atoms with E-state index in [4.69, 9.17) is 23.2 Å². The number of rotatable bonds is 3. The second-order valence-electron chi connectivity index (χ2n) is 4.85. The van der Waals surface area contributed by atoms with Crippen molar-refractivity contribution in [3.05, 3.63) is 16.4 Å². The maximum absolute atomic E-state index is 6.24. The lowest BCUT2D eigenvalue weighted by molar-refractivity contribution is 0.186. The summed E-state index contributed by atoms with van der Waals surface area (Å²) in [6.45, 7) is 5.16. The van der Waals surface area contributed by atoms with Crippen molar-refractivity contribution < 1.29 is 0 Å². The van der Waals surface area contributed by atoms with Crippen molar-refractivity contribution in [2.75, 3.05) is 19.0 Å². The number of likely N-dealkylation sites (tertiary alicyclic amines) is 1. The lowest BCUT2D eigenvalue weighted by Crippen LogP contribution is -2.33. The van der Waals surface area contributed by atoms with Gasteiger partial charge in [-0.2, -0.15) is 5.10 Å². The SMILES string of the molecule is Cc1nn(C)c(Cl)c1CN1CCC(CCl)CC1. The zero-order valence-electron chi connectivity index (χ0n) is 10.4. The predicted octanol–water partition coefficient (Wildman–Crippen LogP) is 2.83. The van der Waals surface area contributed by atoms with Gasteiger partial charge >= 0.3 is 0 Å². The number of nitrogens with zero attached hydrogens (tertiary/aromatic N) is 3. The van der Waals surface area contributed by atoms with Gasteiger partial charge in [0.25, 0.3) is 0 Å². The Kier molecular flexibility index (Phi) is 4.34. The van der Waals surface area contributed by atoms with E-state index < -0.39 is 0 Å². The lowest BCUT2D eigenvalue weighted by Gasteiger charge is -2.30. The number of halogens is 2. The zero-order chi connectivity index (χ0) is 12.4. The van der Waals surface area contributed by atoms with E-state index in [0.717, 1.165) is 36.4 Å². The van der Waals surface area contributed by atoms with Crippen LogP contribution in [0.4, 0.5) is 0 Å². The van der Waals surface area contributed by atoms with Crippen molar-refractivity contribution in [1.82, 2.24) is 14.7 Å². The number of alkyl halides is 1. The van der Waals surface area contributed by atoms with E-state index in [1.54, 1.807) is 4.68 Å². The average molecular weight is 276 g/mol. The highest BCUT2D eigenvalue weighted by Gasteiger charge is 2.21. The summed E-state index contributed by atoms with van der Waals surface area (Å²) < 4.78 is 1.75. The van der Waals surface area contributed by atoms with E-state index in [1.165, 1.54) is 18.4 Å². The molecule has 1 aromatic heterocycles. The first kappa shape index (κ1) is 13.2. The molecule has 0 bridgehead atoms. The molecule has 96 valence electrons. The van der Waals surface area contributed by atoms with Gasteiger partial charge in [0.1, 0.15) is 5.15 Å². The van der Waals surface area contributed by atoms with Crippen molar-refractivity contribution in [3.8, 4) is 0 Å². The number of aromatic nitrogens is 2. The van der Waals surface area contributed by atoms with Gasteiger partial charge in [-0.3, -0.25) is 9.58 Å². The minimum Gasteiger partial charge on any atom is -0.299 e. The van der Waals surface area contributed by atoms with Gasteiger partial charge in [-0.25, -0.2) is 0 Å². The average Bonchev–Trinajstić information content (AvgIpc) is 2.57. The van der Waals surface area contributed by atoms with Crippen LogP contribution in [0.1, 0.15) is 24.1 Å². The standard InChI is InChI=1S/C12H19Cl2N3/c1-9-11(12(14)16(2)15-9)8-17-5-3-10(7-13)4-6-17/h10H,3-8H2,1-2H3. The van der Waals surface area contributed by atoms with Gasteiger partial charge < -0.3 is 0 Å². The summed E-state index contributed by atoms with van der Waals surface area (Å²) in [7, 11) is 1.89. The Morgan fingerprint density at radius 1 is 1.35 bits per heavy atom. The molecule has 1 fully saturated rings. The maximum atomic E-state index is 6.24. The first-order chi connectivity index (χ1) is 8.11. The molecule has 17 heavy (non-hydrogen) atoms. The zero-order valence-corrected chi connectivity index (χ0v) is 11.9. The van der Waals surface area contributed by atoms with Gasteiger partial charge in [-0.05, 0) is 38.8 Å². The molecule has 1 saturated heterocycles. The van der Waals surface area contributed by atoms with Crippen LogP contribution in [0.2, 0.25) is 5.15 Å². The highest BCUT2D eigenvalue weighted by molar-refractivity contribution is 6.30. The molecule has 0 N–H and O–H groups in total. The second kappa shape index (κ2) is 5.59. The summed E-state index contributed by atoms with van der Waals surface area (Å²) in [5, 5.41) is 5.11. The normalized spacial score (nSPS) is 18.8. The molecule has 0 unspecified atom stereocenters. The van der Waals surface area contributed by atoms with Crippen LogP contribution in [0.25, 0.3) is 0 Å². The molecule has 0 atom stereocenters. The molecule has 0 spiro atoms. The Morgan fingerprint density at radius 3 is 2.47 bits per heavy atom. The number of aryl methyl sites for hydroxylation is 2. The van der Waals surface area contributed by atoms with Gasteiger partial charge in [0, 0.05) is 25.0 Å². The van der Waals surface area contributed by atoms with E-state index in [0.29, 0.717) is 5.92 Å². The molecule has 0 radical (unpaired) electrons. The molecular formula is C12H19Cl2N3. The van der Waals surface area contributed by atoms with Crippen molar-refractivity contribution in [2.45, 2.75) is 26.3 Å². The molecule has 1 aromatic rings. The van der Waals surface area contributed by atoms with E-state index in [1.807, 2.05) is 14.0 Å². The van der Waals surface area contributed by atoms with Crippen molar-refractivity contribution in [1.29, 1.82) is 0 Å². The predicted molar refractivity (Wildman–Crippen MR) is 71.7 cm³/mol. The molecule has 2 rings (SSSR count). The third-order valence-electron chi connectivity index (χ3n) is 3.58. The van der Waals surface area contributed by atoms with Crippen molar-refractivity contribution in [2.24, 2.45) is 13.0 Å². The fourth-order valence-electron chi connectivity index (χ4n) is 2.38. The monoisotopic (exact) mass is 275 g/mol. The third kappa shape index (κ3) is 2.95. The molecule has 5 heteroatoms. The van der Waals surface area contributed by atoms with Crippen LogP contribution in [0, 0.1) is 12.8 Å². The summed E-state index contributed by atoms with van der Waals surface area (Å²) >= 11 is 12.1. The lowest BCUT2D eigenvalue weighted by atomic mass is 9.98. The van der Waals surface area contributed by atoms with Crippen molar-refractivity contribution in [3.63, 3.8) is 0 Å². The molecule has 0 amide bonds. The summed E-state index contributed by atoms with van der Waals surface area (Å²) in [4.78, 5) is 2.44. The molecule has 0 aromatic carbocycles. The first-order valence-corrected chi connectivity index (χ1v) is 6.99.